The molecule has 1 aromatic heterocycles. The lowest BCUT2D eigenvalue weighted by molar-refractivity contribution is -0.118. The monoisotopic (exact) mass is 367 g/mol. The first-order valence-corrected chi connectivity index (χ1v) is 8.06. The number of carbonyl (C=O) groups excluding carboxylic acids is 1. The van der Waals surface area contributed by atoms with Crippen LogP contribution < -0.4 is 10.6 Å². The Kier molecular flexibility index (Phi) is 5.74. The smallest absolute Gasteiger partial charge is 0.228 e. The summed E-state index contributed by atoms with van der Waals surface area (Å²) in [5.74, 6) is 0.360. The van der Waals surface area contributed by atoms with Crippen LogP contribution in [0.3, 0.4) is 0 Å². The van der Waals surface area contributed by atoms with Crippen molar-refractivity contribution in [3.8, 4) is 0 Å². The van der Waals surface area contributed by atoms with Crippen molar-refractivity contribution in [2.75, 3.05) is 18.4 Å². The van der Waals surface area contributed by atoms with E-state index in [1.165, 1.54) is 0 Å². The zero-order valence-corrected chi connectivity index (χ0v) is 15.3. The van der Waals surface area contributed by atoms with Crippen molar-refractivity contribution in [1.82, 2.24) is 10.3 Å². The van der Waals surface area contributed by atoms with Crippen molar-refractivity contribution in [2.45, 2.75) is 26.2 Å². The molecule has 2 aromatic rings. The molecule has 1 saturated heterocycles. The molecule has 1 amide bonds. The summed E-state index contributed by atoms with van der Waals surface area (Å²) in [6.07, 6.45) is 5.09. The number of anilines is 1. The molecule has 2 fully saturated rings. The van der Waals surface area contributed by atoms with Gasteiger partial charge < -0.3 is 10.6 Å². The number of rotatable bonds is 2. The third-order valence-corrected chi connectivity index (χ3v) is 5.33. The summed E-state index contributed by atoms with van der Waals surface area (Å²) >= 11 is 0. The molecule has 1 aromatic carbocycles. The third kappa shape index (κ3) is 3.23. The van der Waals surface area contributed by atoms with Crippen LogP contribution in [0, 0.1) is 18.3 Å². The number of aryl methyl sites for hydroxylation is 1. The van der Waals surface area contributed by atoms with E-state index in [4.69, 9.17) is 0 Å². The first kappa shape index (κ1) is 19.0. The Morgan fingerprint density at radius 1 is 1.25 bits per heavy atom. The number of halogens is 2. The van der Waals surface area contributed by atoms with E-state index in [1.54, 1.807) is 6.20 Å². The zero-order valence-electron chi connectivity index (χ0n) is 13.7. The van der Waals surface area contributed by atoms with Gasteiger partial charge in [-0.1, -0.05) is 6.07 Å². The van der Waals surface area contributed by atoms with E-state index in [2.05, 4.69) is 15.6 Å². The number of hydrogen-bond donors (Lipinski definition) is 2. The van der Waals surface area contributed by atoms with Crippen LogP contribution in [0.5, 0.6) is 0 Å². The number of hydrogen-bond acceptors (Lipinski definition) is 3. The minimum atomic E-state index is 0. The first-order valence-electron chi connectivity index (χ1n) is 8.06. The van der Waals surface area contributed by atoms with Crippen LogP contribution in [0.1, 0.15) is 24.8 Å². The Morgan fingerprint density at radius 3 is 2.75 bits per heavy atom. The molecule has 0 radical (unpaired) electrons. The number of piperidine rings is 1. The minimum absolute atomic E-state index is 0. The van der Waals surface area contributed by atoms with Gasteiger partial charge in [0.2, 0.25) is 5.91 Å². The number of fused-ring (bicyclic) bond motifs is 1. The second kappa shape index (κ2) is 7.26. The van der Waals surface area contributed by atoms with Gasteiger partial charge in [-0.05, 0) is 68.5 Å². The second-order valence-corrected chi connectivity index (χ2v) is 6.69. The van der Waals surface area contributed by atoms with Gasteiger partial charge in [-0.25, -0.2) is 0 Å². The summed E-state index contributed by atoms with van der Waals surface area (Å²) in [7, 11) is 0. The largest absolute Gasteiger partial charge is 0.325 e. The molecule has 4 nitrogen and oxygen atoms in total. The van der Waals surface area contributed by atoms with Gasteiger partial charge in [0.05, 0.1) is 11.2 Å². The minimum Gasteiger partial charge on any atom is -0.325 e. The average Bonchev–Trinajstić information content (AvgIpc) is 3.24. The number of pyridine rings is 1. The molecule has 0 bridgehead atoms. The highest BCUT2D eigenvalue weighted by atomic mass is 35.5. The van der Waals surface area contributed by atoms with E-state index in [-0.39, 0.29) is 42.1 Å². The quantitative estimate of drug-likeness (QED) is 0.850. The number of nitrogens with zero attached hydrogens (tertiary/aromatic N) is 1. The van der Waals surface area contributed by atoms with E-state index in [0.717, 1.165) is 54.5 Å². The van der Waals surface area contributed by atoms with E-state index in [1.807, 2.05) is 31.2 Å². The fourth-order valence-corrected chi connectivity index (χ4v) is 3.84. The molecular weight excluding hydrogens is 345 g/mol. The van der Waals surface area contributed by atoms with Gasteiger partial charge in [0.15, 0.2) is 0 Å². The van der Waals surface area contributed by atoms with Crippen molar-refractivity contribution in [3.63, 3.8) is 0 Å². The lowest BCUT2D eigenvalue weighted by atomic mass is 9.91. The molecule has 1 aliphatic carbocycles. The molecular formula is C18H23Cl2N3O. The van der Waals surface area contributed by atoms with E-state index in [9.17, 15) is 4.79 Å². The fraction of sp³-hybridized carbons (Fsp3) is 0.444. The van der Waals surface area contributed by atoms with Crippen molar-refractivity contribution < 1.29 is 4.79 Å². The van der Waals surface area contributed by atoms with Crippen LogP contribution in [0.15, 0.2) is 30.5 Å². The van der Waals surface area contributed by atoms with Crippen LogP contribution in [-0.2, 0) is 4.79 Å². The van der Waals surface area contributed by atoms with Crippen molar-refractivity contribution in [2.24, 2.45) is 11.3 Å². The van der Waals surface area contributed by atoms with Gasteiger partial charge in [0.1, 0.15) is 0 Å². The van der Waals surface area contributed by atoms with E-state index < -0.39 is 0 Å². The molecule has 1 spiro atoms. The highest BCUT2D eigenvalue weighted by molar-refractivity contribution is 6.03. The Hall–Kier alpha value is -1.36. The van der Waals surface area contributed by atoms with Crippen LogP contribution >= 0.6 is 24.8 Å². The second-order valence-electron chi connectivity index (χ2n) is 6.69. The summed E-state index contributed by atoms with van der Waals surface area (Å²) in [6.45, 7) is 4.13. The molecule has 130 valence electrons. The van der Waals surface area contributed by atoms with Crippen LogP contribution in [0.2, 0.25) is 0 Å². The molecule has 1 unspecified atom stereocenters. The summed E-state index contributed by atoms with van der Waals surface area (Å²) in [6, 6.07) is 7.97. The summed E-state index contributed by atoms with van der Waals surface area (Å²) < 4.78 is 0. The lowest BCUT2D eigenvalue weighted by Gasteiger charge is -2.23. The van der Waals surface area contributed by atoms with Gasteiger partial charge >= 0.3 is 0 Å². The average molecular weight is 368 g/mol. The Labute approximate surface area is 154 Å². The predicted molar refractivity (Wildman–Crippen MR) is 102 cm³/mol. The van der Waals surface area contributed by atoms with Gasteiger partial charge in [-0.15, -0.1) is 24.8 Å². The molecule has 1 saturated carbocycles. The molecule has 2 heterocycles. The predicted octanol–water partition coefficient (Wildman–Crippen LogP) is 3.72. The molecule has 4 rings (SSSR count). The normalized spacial score (nSPS) is 20.8. The number of amides is 1. The number of carbonyl (C=O) groups is 1. The number of aromatic nitrogens is 1. The first-order chi connectivity index (χ1) is 10.7. The molecule has 2 aliphatic rings. The lowest BCUT2D eigenvalue weighted by Crippen LogP contribution is -2.31. The van der Waals surface area contributed by atoms with Crippen molar-refractivity contribution >= 4 is 47.3 Å². The molecule has 24 heavy (non-hydrogen) atoms. The van der Waals surface area contributed by atoms with Gasteiger partial charge in [0, 0.05) is 17.5 Å². The van der Waals surface area contributed by atoms with Crippen molar-refractivity contribution in [3.05, 3.63) is 36.0 Å². The third-order valence-electron chi connectivity index (χ3n) is 5.33. The summed E-state index contributed by atoms with van der Waals surface area (Å²) in [4.78, 5) is 17.1. The van der Waals surface area contributed by atoms with Crippen LogP contribution in [-0.4, -0.2) is 24.0 Å². The Balaban J connectivity index is 0.00000104. The Morgan fingerprint density at radius 2 is 2.00 bits per heavy atom. The maximum Gasteiger partial charge on any atom is 0.228 e. The standard InChI is InChI=1S/C18H21N3O.2ClH/c1-12-4-5-15(13-3-2-8-20-16(12)13)21-17(22)14-11-18(14)6-9-19-10-7-18;;/h2-5,8,14,19H,6-7,9-11H2,1H3,(H,21,22);2*1H. The van der Waals surface area contributed by atoms with E-state index >= 15 is 0 Å². The van der Waals surface area contributed by atoms with Gasteiger partial charge in [-0.2, -0.15) is 0 Å². The molecule has 2 N–H and O–H groups in total. The van der Waals surface area contributed by atoms with Crippen LogP contribution in [0.25, 0.3) is 10.9 Å². The van der Waals surface area contributed by atoms with Crippen molar-refractivity contribution in [1.29, 1.82) is 0 Å². The van der Waals surface area contributed by atoms with Gasteiger partial charge in [-0.3, -0.25) is 9.78 Å². The SMILES string of the molecule is Cc1ccc(NC(=O)C2CC23CCNCC3)c2cccnc12.Cl.Cl. The number of nitrogens with one attached hydrogen (secondary N) is 2. The molecule has 6 heteroatoms. The maximum absolute atomic E-state index is 12.6. The topological polar surface area (TPSA) is 54.0 Å². The molecule has 1 aliphatic heterocycles. The zero-order chi connectivity index (χ0) is 15.2. The highest BCUT2D eigenvalue weighted by Crippen LogP contribution is 2.58. The Bertz CT molecular complexity index is 744. The summed E-state index contributed by atoms with van der Waals surface area (Å²) in [5.41, 5.74) is 3.26. The van der Waals surface area contributed by atoms with E-state index in [0.29, 0.717) is 0 Å². The fourth-order valence-electron chi connectivity index (χ4n) is 3.84. The summed E-state index contributed by atoms with van der Waals surface area (Å²) in [5, 5.41) is 7.55. The maximum atomic E-state index is 12.6. The van der Waals surface area contributed by atoms with Gasteiger partial charge in [0.25, 0.3) is 0 Å². The molecule has 1 atom stereocenters. The van der Waals surface area contributed by atoms with Crippen LogP contribution in [0.4, 0.5) is 5.69 Å². The number of benzene rings is 1. The highest BCUT2D eigenvalue weighted by Gasteiger charge is 2.57.